The van der Waals surface area contributed by atoms with Crippen LogP contribution in [0, 0.1) is 0 Å². The number of phenolic OH excluding ortho intramolecular Hbond substituents is 1. The molecule has 19 heavy (non-hydrogen) atoms. The van der Waals surface area contributed by atoms with Crippen LogP contribution in [-0.2, 0) is 9.47 Å². The predicted molar refractivity (Wildman–Crippen MR) is 69.3 cm³/mol. The van der Waals surface area contributed by atoms with Crippen molar-refractivity contribution < 1.29 is 19.4 Å². The minimum absolute atomic E-state index is 0.0929. The van der Waals surface area contributed by atoms with Crippen LogP contribution in [0.25, 0.3) is 0 Å². The fourth-order valence-electron chi connectivity index (χ4n) is 2.71. The summed E-state index contributed by atoms with van der Waals surface area (Å²) in [5, 5.41) is 9.81. The van der Waals surface area contributed by atoms with Crippen LogP contribution in [0.1, 0.15) is 19.3 Å². The van der Waals surface area contributed by atoms with Gasteiger partial charge in [-0.2, -0.15) is 0 Å². The van der Waals surface area contributed by atoms with E-state index in [9.17, 15) is 9.90 Å². The number of amides is 1. The Balaban J connectivity index is 1.78. The molecular weight excluding hydrogens is 246 g/mol. The summed E-state index contributed by atoms with van der Waals surface area (Å²) in [6.07, 6.45) is 2.10. The zero-order chi connectivity index (χ0) is 13.3. The first-order chi connectivity index (χ1) is 9.20. The molecule has 1 aromatic carbocycles. The molecule has 1 atom stereocenters. The highest BCUT2D eigenvalue weighted by molar-refractivity contribution is 5.90. The topological polar surface area (TPSA) is 59.0 Å². The lowest BCUT2D eigenvalue weighted by Gasteiger charge is -2.42. The van der Waals surface area contributed by atoms with E-state index in [2.05, 4.69) is 0 Å². The van der Waals surface area contributed by atoms with E-state index in [-0.39, 0.29) is 5.75 Å². The molecule has 1 aromatic rings. The second-order valence-electron chi connectivity index (χ2n) is 5.10. The van der Waals surface area contributed by atoms with Crippen LogP contribution in [0.4, 0.5) is 10.5 Å². The molecule has 2 heterocycles. The summed E-state index contributed by atoms with van der Waals surface area (Å²) in [6, 6.07) is 6.80. The summed E-state index contributed by atoms with van der Waals surface area (Å²) in [5.74, 6) is 0.0929. The summed E-state index contributed by atoms with van der Waals surface area (Å²) in [4.78, 5) is 13.6. The molecule has 0 bridgehead atoms. The number of ether oxygens (including phenoxy) is 2. The SMILES string of the molecule is O=C1OC2(CCCOC2)CCN1c1ccccc1O. The Kier molecular flexibility index (Phi) is 3.06. The quantitative estimate of drug-likeness (QED) is 0.844. The maximum absolute atomic E-state index is 12.2. The molecule has 1 amide bonds. The van der Waals surface area contributed by atoms with Crippen molar-refractivity contribution in [2.24, 2.45) is 0 Å². The van der Waals surface area contributed by atoms with Crippen LogP contribution in [0.3, 0.4) is 0 Å². The van der Waals surface area contributed by atoms with Crippen molar-refractivity contribution in [3.8, 4) is 5.75 Å². The Hall–Kier alpha value is -1.75. The first-order valence-corrected chi connectivity index (χ1v) is 6.56. The van der Waals surface area contributed by atoms with Crippen LogP contribution >= 0.6 is 0 Å². The molecule has 2 aliphatic rings. The molecule has 5 nitrogen and oxygen atoms in total. The molecule has 0 saturated carbocycles. The Labute approximate surface area is 111 Å². The molecular formula is C14H17NO4. The van der Waals surface area contributed by atoms with Gasteiger partial charge in [-0.15, -0.1) is 0 Å². The summed E-state index contributed by atoms with van der Waals surface area (Å²) < 4.78 is 11.0. The molecule has 5 heteroatoms. The largest absolute Gasteiger partial charge is 0.506 e. The normalized spacial score (nSPS) is 27.4. The highest BCUT2D eigenvalue weighted by Crippen LogP contribution is 2.36. The number of hydrogen-bond acceptors (Lipinski definition) is 4. The van der Waals surface area contributed by atoms with Gasteiger partial charge in [0.15, 0.2) is 0 Å². The van der Waals surface area contributed by atoms with Gasteiger partial charge in [-0.25, -0.2) is 4.79 Å². The van der Waals surface area contributed by atoms with Crippen molar-refractivity contribution in [2.75, 3.05) is 24.7 Å². The Morgan fingerprint density at radius 3 is 2.79 bits per heavy atom. The number of hydrogen-bond donors (Lipinski definition) is 1. The Morgan fingerprint density at radius 2 is 2.11 bits per heavy atom. The third-order valence-electron chi connectivity index (χ3n) is 3.77. The van der Waals surface area contributed by atoms with E-state index in [4.69, 9.17) is 9.47 Å². The van der Waals surface area contributed by atoms with Gasteiger partial charge in [-0.3, -0.25) is 4.90 Å². The van der Waals surface area contributed by atoms with Crippen molar-refractivity contribution >= 4 is 11.8 Å². The number of carbonyl (C=O) groups excluding carboxylic acids is 1. The van der Waals surface area contributed by atoms with Gasteiger partial charge >= 0.3 is 6.09 Å². The third-order valence-corrected chi connectivity index (χ3v) is 3.77. The molecule has 3 rings (SSSR count). The Bertz CT molecular complexity index is 482. The van der Waals surface area contributed by atoms with Crippen molar-refractivity contribution in [3.63, 3.8) is 0 Å². The first-order valence-electron chi connectivity index (χ1n) is 6.56. The fraction of sp³-hybridized carbons (Fsp3) is 0.500. The van der Waals surface area contributed by atoms with Gasteiger partial charge in [-0.1, -0.05) is 12.1 Å². The van der Waals surface area contributed by atoms with Gasteiger partial charge in [-0.05, 0) is 25.0 Å². The molecule has 0 aliphatic carbocycles. The van der Waals surface area contributed by atoms with Gasteiger partial charge in [0.1, 0.15) is 11.4 Å². The standard InChI is InChI=1S/C14H17NO4/c16-12-5-2-1-4-11(12)15-8-7-14(19-13(15)17)6-3-9-18-10-14/h1-2,4-5,16H,3,6-10H2. The second-order valence-corrected chi connectivity index (χ2v) is 5.10. The summed E-state index contributed by atoms with van der Waals surface area (Å²) in [5.41, 5.74) is 0.0371. The third kappa shape index (κ3) is 2.26. The van der Waals surface area contributed by atoms with Gasteiger partial charge in [0.25, 0.3) is 0 Å². The average Bonchev–Trinajstić information content (AvgIpc) is 2.41. The van der Waals surface area contributed by atoms with E-state index in [0.717, 1.165) is 25.9 Å². The van der Waals surface area contributed by atoms with Crippen LogP contribution in [0.2, 0.25) is 0 Å². The number of phenols is 1. The molecule has 0 radical (unpaired) electrons. The zero-order valence-electron chi connectivity index (χ0n) is 10.7. The highest BCUT2D eigenvalue weighted by Gasteiger charge is 2.43. The van der Waals surface area contributed by atoms with Crippen LogP contribution in [-0.4, -0.2) is 36.6 Å². The molecule has 102 valence electrons. The number of nitrogens with zero attached hydrogens (tertiary/aromatic N) is 1. The van der Waals surface area contributed by atoms with E-state index in [1.165, 1.54) is 4.90 Å². The van der Waals surface area contributed by atoms with Crippen molar-refractivity contribution in [3.05, 3.63) is 24.3 Å². The van der Waals surface area contributed by atoms with Crippen molar-refractivity contribution in [1.82, 2.24) is 0 Å². The first kappa shape index (κ1) is 12.3. The highest BCUT2D eigenvalue weighted by atomic mass is 16.6. The van der Waals surface area contributed by atoms with E-state index >= 15 is 0 Å². The van der Waals surface area contributed by atoms with E-state index in [1.807, 2.05) is 0 Å². The lowest BCUT2D eigenvalue weighted by atomic mass is 9.91. The minimum Gasteiger partial charge on any atom is -0.506 e. The van der Waals surface area contributed by atoms with Crippen LogP contribution in [0.5, 0.6) is 5.75 Å². The number of anilines is 1. The lowest BCUT2D eigenvalue weighted by molar-refractivity contribution is -0.100. The zero-order valence-corrected chi connectivity index (χ0v) is 10.7. The summed E-state index contributed by atoms with van der Waals surface area (Å²) in [6.45, 7) is 1.76. The molecule has 1 unspecified atom stereocenters. The van der Waals surface area contributed by atoms with Crippen molar-refractivity contribution in [2.45, 2.75) is 24.9 Å². The van der Waals surface area contributed by atoms with Gasteiger partial charge in [0, 0.05) is 19.6 Å². The molecule has 2 aliphatic heterocycles. The molecule has 2 fully saturated rings. The molecule has 1 N–H and O–H groups in total. The average molecular weight is 263 g/mol. The molecule has 1 spiro atoms. The van der Waals surface area contributed by atoms with Gasteiger partial charge < -0.3 is 14.6 Å². The van der Waals surface area contributed by atoms with E-state index in [0.29, 0.717) is 18.8 Å². The number of rotatable bonds is 1. The van der Waals surface area contributed by atoms with Crippen molar-refractivity contribution in [1.29, 1.82) is 0 Å². The number of para-hydroxylation sites is 2. The monoisotopic (exact) mass is 263 g/mol. The predicted octanol–water partition coefficient (Wildman–Crippen LogP) is 2.29. The van der Waals surface area contributed by atoms with Gasteiger partial charge in [0.2, 0.25) is 0 Å². The van der Waals surface area contributed by atoms with Gasteiger partial charge in [0.05, 0.1) is 12.3 Å². The van der Waals surface area contributed by atoms with E-state index < -0.39 is 11.7 Å². The van der Waals surface area contributed by atoms with Crippen LogP contribution in [0.15, 0.2) is 24.3 Å². The second kappa shape index (κ2) is 4.74. The fourth-order valence-corrected chi connectivity index (χ4v) is 2.71. The Morgan fingerprint density at radius 1 is 1.26 bits per heavy atom. The van der Waals surface area contributed by atoms with E-state index in [1.54, 1.807) is 24.3 Å². The minimum atomic E-state index is -0.462. The number of aromatic hydroxyl groups is 1. The summed E-state index contributed by atoms with van der Waals surface area (Å²) in [7, 11) is 0. The number of benzene rings is 1. The maximum atomic E-state index is 12.2. The summed E-state index contributed by atoms with van der Waals surface area (Å²) >= 11 is 0. The smallest absolute Gasteiger partial charge is 0.415 e. The molecule has 2 saturated heterocycles. The lowest BCUT2D eigenvalue weighted by Crippen LogP contribution is -2.53. The van der Waals surface area contributed by atoms with Crippen LogP contribution < -0.4 is 4.90 Å². The molecule has 0 aromatic heterocycles. The number of carbonyl (C=O) groups is 1. The maximum Gasteiger partial charge on any atom is 0.415 e.